The van der Waals surface area contributed by atoms with Crippen molar-refractivity contribution in [3.05, 3.63) is 59.9 Å². The zero-order valence-corrected chi connectivity index (χ0v) is 21.6. The molecule has 0 aliphatic heterocycles. The lowest BCUT2D eigenvalue weighted by atomic mass is 10.0. The lowest BCUT2D eigenvalue weighted by molar-refractivity contribution is -0.113. The van der Waals surface area contributed by atoms with E-state index in [2.05, 4.69) is 59.9 Å². The van der Waals surface area contributed by atoms with Gasteiger partial charge in [0.05, 0.1) is 18.6 Å². The Morgan fingerprint density at radius 1 is 1.03 bits per heavy atom. The van der Waals surface area contributed by atoms with Crippen molar-refractivity contribution >= 4 is 23.4 Å². The molecule has 8 heteroatoms. The Morgan fingerprint density at radius 2 is 1.74 bits per heavy atom. The number of para-hydroxylation sites is 2. The molecule has 0 spiro atoms. The molecule has 1 unspecified atom stereocenters. The number of ether oxygens (including phenoxy) is 2. The standard InChI is InChI=1S/C26H34N4O3S/c1-17(2)15-30-25(19(5)33-21-13-11-20(12-14-21)18(3)4)28-29-26(30)34-16-24(31)27-22-9-7-8-10-23(22)32-6/h7-14,17-19H,15-16H2,1-6H3,(H,27,31). The van der Waals surface area contributed by atoms with Crippen molar-refractivity contribution in [2.45, 2.75) is 58.3 Å². The van der Waals surface area contributed by atoms with Crippen LogP contribution in [0.4, 0.5) is 5.69 Å². The Bertz CT molecular complexity index is 1080. The molecule has 1 aromatic heterocycles. The Kier molecular flexibility index (Phi) is 8.98. The molecule has 1 atom stereocenters. The lowest BCUT2D eigenvalue weighted by Gasteiger charge is -2.18. The smallest absolute Gasteiger partial charge is 0.234 e. The van der Waals surface area contributed by atoms with Gasteiger partial charge in [0.2, 0.25) is 5.91 Å². The molecule has 1 N–H and O–H groups in total. The van der Waals surface area contributed by atoms with Crippen molar-refractivity contribution in [3.63, 3.8) is 0 Å². The molecule has 1 amide bonds. The van der Waals surface area contributed by atoms with Gasteiger partial charge in [-0.15, -0.1) is 10.2 Å². The highest BCUT2D eigenvalue weighted by Crippen LogP contribution is 2.28. The molecule has 7 nitrogen and oxygen atoms in total. The average Bonchev–Trinajstić information content (AvgIpc) is 3.20. The van der Waals surface area contributed by atoms with E-state index in [1.54, 1.807) is 7.11 Å². The van der Waals surface area contributed by atoms with E-state index in [-0.39, 0.29) is 17.8 Å². The van der Waals surface area contributed by atoms with Crippen LogP contribution in [0.2, 0.25) is 0 Å². The summed E-state index contributed by atoms with van der Waals surface area (Å²) in [6, 6.07) is 15.5. The molecule has 3 aromatic rings. The molecule has 0 aliphatic carbocycles. The molecular formula is C26H34N4O3S. The number of carbonyl (C=O) groups excluding carboxylic acids is 1. The highest BCUT2D eigenvalue weighted by Gasteiger charge is 2.21. The summed E-state index contributed by atoms with van der Waals surface area (Å²) < 4.78 is 13.5. The molecule has 1 heterocycles. The molecule has 3 rings (SSSR count). The van der Waals surface area contributed by atoms with Gasteiger partial charge in [-0.05, 0) is 48.6 Å². The summed E-state index contributed by atoms with van der Waals surface area (Å²) >= 11 is 1.36. The number of amides is 1. The first-order chi connectivity index (χ1) is 16.3. The molecule has 182 valence electrons. The number of benzene rings is 2. The van der Waals surface area contributed by atoms with Crippen LogP contribution in [0.15, 0.2) is 53.7 Å². The van der Waals surface area contributed by atoms with Gasteiger partial charge in [-0.2, -0.15) is 0 Å². The quantitative estimate of drug-likeness (QED) is 0.341. The summed E-state index contributed by atoms with van der Waals surface area (Å²) in [5, 5.41) is 12.4. The van der Waals surface area contributed by atoms with Gasteiger partial charge in [-0.1, -0.05) is 63.7 Å². The van der Waals surface area contributed by atoms with Crippen LogP contribution in [0, 0.1) is 5.92 Å². The first-order valence-electron chi connectivity index (χ1n) is 11.5. The summed E-state index contributed by atoms with van der Waals surface area (Å²) in [5.74, 6) is 3.09. The first-order valence-corrected chi connectivity index (χ1v) is 12.5. The SMILES string of the molecule is COc1ccccc1NC(=O)CSc1nnc(C(C)Oc2ccc(C(C)C)cc2)n1CC(C)C. The van der Waals surface area contributed by atoms with Crippen LogP contribution < -0.4 is 14.8 Å². The number of rotatable bonds is 11. The van der Waals surface area contributed by atoms with Crippen LogP contribution in [0.1, 0.15) is 58.0 Å². The van der Waals surface area contributed by atoms with Crippen molar-refractivity contribution in [2.24, 2.45) is 5.92 Å². The molecule has 0 bridgehead atoms. The number of methoxy groups -OCH3 is 1. The average molecular weight is 483 g/mol. The Labute approximate surface area is 206 Å². The van der Waals surface area contributed by atoms with Gasteiger partial charge in [-0.3, -0.25) is 4.79 Å². The van der Waals surface area contributed by atoms with Gasteiger partial charge in [0.15, 0.2) is 17.1 Å². The van der Waals surface area contributed by atoms with Gasteiger partial charge in [0.25, 0.3) is 0 Å². The third kappa shape index (κ3) is 6.76. The van der Waals surface area contributed by atoms with Gasteiger partial charge in [0, 0.05) is 6.54 Å². The number of thioether (sulfide) groups is 1. The second-order valence-corrected chi connectivity index (χ2v) is 9.81. The van der Waals surface area contributed by atoms with Crippen LogP contribution in [0.3, 0.4) is 0 Å². The zero-order chi connectivity index (χ0) is 24.7. The van der Waals surface area contributed by atoms with E-state index < -0.39 is 0 Å². The van der Waals surface area contributed by atoms with Crippen LogP contribution in [-0.4, -0.2) is 33.5 Å². The molecule has 0 saturated heterocycles. The lowest BCUT2D eigenvalue weighted by Crippen LogP contribution is -2.17. The minimum atomic E-state index is -0.284. The highest BCUT2D eigenvalue weighted by molar-refractivity contribution is 7.99. The van der Waals surface area contributed by atoms with Crippen LogP contribution in [-0.2, 0) is 11.3 Å². The van der Waals surface area contributed by atoms with Crippen LogP contribution >= 0.6 is 11.8 Å². The Hall–Kier alpha value is -3.00. The molecule has 0 radical (unpaired) electrons. The van der Waals surface area contributed by atoms with E-state index >= 15 is 0 Å². The number of nitrogens with one attached hydrogen (secondary N) is 1. The summed E-state index contributed by atoms with van der Waals surface area (Å²) in [5.41, 5.74) is 1.92. The third-order valence-corrected chi connectivity index (χ3v) is 6.20. The van der Waals surface area contributed by atoms with Crippen molar-refractivity contribution in [1.29, 1.82) is 0 Å². The van der Waals surface area contributed by atoms with E-state index in [1.165, 1.54) is 17.3 Å². The molecular weight excluding hydrogens is 448 g/mol. The van der Waals surface area contributed by atoms with Gasteiger partial charge in [-0.25, -0.2) is 0 Å². The van der Waals surface area contributed by atoms with Crippen molar-refractivity contribution in [2.75, 3.05) is 18.2 Å². The molecule has 0 fully saturated rings. The van der Waals surface area contributed by atoms with Gasteiger partial charge < -0.3 is 19.4 Å². The van der Waals surface area contributed by atoms with Crippen molar-refractivity contribution in [1.82, 2.24) is 14.8 Å². The van der Waals surface area contributed by atoms with Crippen molar-refractivity contribution < 1.29 is 14.3 Å². The summed E-state index contributed by atoms with van der Waals surface area (Å²) in [7, 11) is 1.58. The maximum Gasteiger partial charge on any atom is 0.234 e. The van der Waals surface area contributed by atoms with Gasteiger partial charge >= 0.3 is 0 Å². The first kappa shape index (κ1) is 25.6. The Balaban J connectivity index is 1.69. The Morgan fingerprint density at radius 3 is 2.38 bits per heavy atom. The fourth-order valence-electron chi connectivity index (χ4n) is 3.50. The predicted molar refractivity (Wildman–Crippen MR) is 137 cm³/mol. The number of hydrogen-bond donors (Lipinski definition) is 1. The van der Waals surface area contributed by atoms with Crippen molar-refractivity contribution in [3.8, 4) is 11.5 Å². The normalized spacial score (nSPS) is 12.1. The minimum Gasteiger partial charge on any atom is -0.495 e. The largest absolute Gasteiger partial charge is 0.495 e. The fraction of sp³-hybridized carbons (Fsp3) is 0.423. The van der Waals surface area contributed by atoms with Gasteiger partial charge in [0.1, 0.15) is 11.5 Å². The van der Waals surface area contributed by atoms with E-state index in [0.717, 1.165) is 18.1 Å². The third-order valence-electron chi connectivity index (χ3n) is 5.23. The second kappa shape index (κ2) is 11.9. The second-order valence-electron chi connectivity index (χ2n) is 8.87. The minimum absolute atomic E-state index is 0.135. The summed E-state index contributed by atoms with van der Waals surface area (Å²) in [6.45, 7) is 11.3. The summed E-state index contributed by atoms with van der Waals surface area (Å²) in [4.78, 5) is 12.6. The fourth-order valence-corrected chi connectivity index (χ4v) is 4.25. The number of aromatic nitrogens is 3. The number of nitrogens with zero attached hydrogens (tertiary/aromatic N) is 3. The monoisotopic (exact) mass is 482 g/mol. The number of hydrogen-bond acceptors (Lipinski definition) is 6. The van der Waals surface area contributed by atoms with E-state index in [4.69, 9.17) is 9.47 Å². The topological polar surface area (TPSA) is 78.3 Å². The molecule has 0 aliphatic rings. The predicted octanol–water partition coefficient (Wildman–Crippen LogP) is 5.94. The zero-order valence-electron chi connectivity index (χ0n) is 20.7. The van der Waals surface area contributed by atoms with Crippen LogP contribution in [0.25, 0.3) is 0 Å². The highest BCUT2D eigenvalue weighted by atomic mass is 32.2. The van der Waals surface area contributed by atoms with E-state index in [1.807, 2.05) is 43.3 Å². The van der Waals surface area contributed by atoms with E-state index in [9.17, 15) is 4.79 Å². The van der Waals surface area contributed by atoms with Crippen LogP contribution in [0.5, 0.6) is 11.5 Å². The molecule has 2 aromatic carbocycles. The summed E-state index contributed by atoms with van der Waals surface area (Å²) in [6.07, 6.45) is -0.284. The number of carbonyl (C=O) groups is 1. The maximum absolute atomic E-state index is 12.6. The van der Waals surface area contributed by atoms with E-state index in [0.29, 0.717) is 28.4 Å². The molecule has 34 heavy (non-hydrogen) atoms. The molecule has 0 saturated carbocycles. The number of anilines is 1. The maximum atomic E-state index is 12.6.